The lowest BCUT2D eigenvalue weighted by Crippen LogP contribution is -2.62. The zero-order valence-corrected chi connectivity index (χ0v) is 15.1. The van der Waals surface area contributed by atoms with Gasteiger partial charge in [-0.1, -0.05) is 6.42 Å². The maximum Gasteiger partial charge on any atom is 0.451 e. The fraction of sp³-hybridized carbons (Fsp3) is 0.923. The SMILES string of the molecule is CC(C1CCC(CCB(O)O)C[C@]1(N)C(=O)O)N(C)C.Cl.Cl. The molecule has 1 aliphatic carbocycles. The second kappa shape index (κ2) is 9.95. The summed E-state index contributed by atoms with van der Waals surface area (Å²) in [5, 5.41) is 27.4. The largest absolute Gasteiger partial charge is 0.480 e. The van der Waals surface area contributed by atoms with Crippen molar-refractivity contribution in [2.45, 2.75) is 50.5 Å². The van der Waals surface area contributed by atoms with E-state index in [4.69, 9.17) is 15.8 Å². The minimum Gasteiger partial charge on any atom is -0.480 e. The highest BCUT2D eigenvalue weighted by molar-refractivity contribution is 6.40. The molecule has 0 aromatic carbocycles. The second-order valence-corrected chi connectivity index (χ2v) is 6.36. The first-order chi connectivity index (χ1) is 9.18. The molecular weight excluding hydrogens is 330 g/mol. The molecule has 0 spiro atoms. The summed E-state index contributed by atoms with van der Waals surface area (Å²) < 4.78 is 0. The van der Waals surface area contributed by atoms with E-state index in [2.05, 4.69) is 0 Å². The Balaban J connectivity index is 0. The molecule has 0 heterocycles. The van der Waals surface area contributed by atoms with E-state index < -0.39 is 18.6 Å². The Morgan fingerprint density at radius 3 is 2.32 bits per heavy atom. The fourth-order valence-electron chi connectivity index (χ4n) is 3.31. The van der Waals surface area contributed by atoms with E-state index in [-0.39, 0.29) is 49.0 Å². The first kappa shape index (κ1) is 24.2. The van der Waals surface area contributed by atoms with Crippen molar-refractivity contribution in [1.82, 2.24) is 4.90 Å². The highest BCUT2D eigenvalue weighted by Crippen LogP contribution is 2.40. The standard InChI is InChI=1S/C13H27BN2O4.2ClH/c1-9(16(2)3)11-5-4-10(6-7-14(19)20)8-13(11,15)12(17)18;;/h9-11,19-20H,4-8,15H2,1-3H3,(H,17,18);2*1H/t9?,10?,11?,13-;;/m1../s1. The number of aliphatic carboxylic acids is 1. The number of carboxylic acids is 1. The van der Waals surface area contributed by atoms with Gasteiger partial charge in [0.15, 0.2) is 0 Å². The molecule has 132 valence electrons. The first-order valence-corrected chi connectivity index (χ1v) is 7.23. The van der Waals surface area contributed by atoms with Crippen molar-refractivity contribution >= 4 is 37.9 Å². The van der Waals surface area contributed by atoms with Gasteiger partial charge in [-0.2, -0.15) is 0 Å². The Morgan fingerprint density at radius 1 is 1.36 bits per heavy atom. The van der Waals surface area contributed by atoms with Gasteiger partial charge in [0, 0.05) is 12.0 Å². The lowest BCUT2D eigenvalue weighted by molar-refractivity contribution is -0.149. The quantitative estimate of drug-likeness (QED) is 0.524. The zero-order chi connectivity index (χ0) is 15.5. The Kier molecular flexibility index (Phi) is 11.0. The van der Waals surface area contributed by atoms with E-state index in [1.807, 2.05) is 25.9 Å². The number of carboxylic acid groups (broad SMARTS) is 1. The van der Waals surface area contributed by atoms with E-state index in [0.29, 0.717) is 12.8 Å². The molecular formula is C13H29BCl2N2O4. The summed E-state index contributed by atoms with van der Waals surface area (Å²) in [6, 6.07) is 0.0977. The molecule has 0 aromatic rings. The zero-order valence-electron chi connectivity index (χ0n) is 13.4. The van der Waals surface area contributed by atoms with Gasteiger partial charge in [-0.05, 0) is 52.5 Å². The van der Waals surface area contributed by atoms with Gasteiger partial charge in [0.2, 0.25) is 0 Å². The molecule has 3 unspecified atom stereocenters. The molecule has 0 bridgehead atoms. The molecule has 0 aromatic heterocycles. The highest BCUT2D eigenvalue weighted by atomic mass is 35.5. The summed E-state index contributed by atoms with van der Waals surface area (Å²) in [6.45, 7) is 2.01. The van der Waals surface area contributed by atoms with Crippen molar-refractivity contribution < 1.29 is 19.9 Å². The van der Waals surface area contributed by atoms with Gasteiger partial charge < -0.3 is 25.8 Å². The van der Waals surface area contributed by atoms with Crippen LogP contribution in [0.4, 0.5) is 0 Å². The van der Waals surface area contributed by atoms with Crippen LogP contribution in [0.5, 0.6) is 0 Å². The Morgan fingerprint density at radius 2 is 1.91 bits per heavy atom. The molecule has 0 radical (unpaired) electrons. The maximum absolute atomic E-state index is 11.7. The molecule has 0 amide bonds. The van der Waals surface area contributed by atoms with Crippen molar-refractivity contribution in [1.29, 1.82) is 0 Å². The minimum absolute atomic E-state index is 0. The molecule has 1 aliphatic rings. The number of rotatable bonds is 6. The van der Waals surface area contributed by atoms with Crippen LogP contribution < -0.4 is 5.73 Å². The van der Waals surface area contributed by atoms with Crippen LogP contribution in [0.1, 0.15) is 32.6 Å². The van der Waals surface area contributed by atoms with Gasteiger partial charge in [-0.15, -0.1) is 24.8 Å². The molecule has 0 aliphatic heterocycles. The first-order valence-electron chi connectivity index (χ1n) is 7.23. The normalized spacial score (nSPS) is 29.2. The van der Waals surface area contributed by atoms with E-state index in [1.165, 1.54) is 0 Å². The summed E-state index contributed by atoms with van der Waals surface area (Å²) in [4.78, 5) is 13.7. The summed E-state index contributed by atoms with van der Waals surface area (Å²) in [5.74, 6) is -0.903. The van der Waals surface area contributed by atoms with Crippen LogP contribution >= 0.6 is 24.8 Å². The highest BCUT2D eigenvalue weighted by Gasteiger charge is 2.49. The lowest BCUT2D eigenvalue weighted by atomic mass is 9.64. The number of hydrogen-bond acceptors (Lipinski definition) is 5. The average molecular weight is 359 g/mol. The lowest BCUT2D eigenvalue weighted by Gasteiger charge is -2.45. The van der Waals surface area contributed by atoms with E-state index >= 15 is 0 Å². The number of halogens is 2. The third-order valence-corrected chi connectivity index (χ3v) is 4.80. The minimum atomic E-state index is -1.33. The molecule has 5 N–H and O–H groups in total. The number of nitrogens with two attached hydrogens (primary N) is 1. The monoisotopic (exact) mass is 358 g/mol. The number of carbonyl (C=O) groups is 1. The summed E-state index contributed by atoms with van der Waals surface area (Å²) in [5.41, 5.74) is 5.00. The summed E-state index contributed by atoms with van der Waals surface area (Å²) in [6.07, 6.45) is 2.93. The maximum atomic E-state index is 11.7. The van der Waals surface area contributed by atoms with Crippen molar-refractivity contribution in [2.24, 2.45) is 17.6 Å². The van der Waals surface area contributed by atoms with E-state index in [0.717, 1.165) is 12.8 Å². The third-order valence-electron chi connectivity index (χ3n) is 4.80. The van der Waals surface area contributed by atoms with E-state index in [9.17, 15) is 9.90 Å². The van der Waals surface area contributed by atoms with Crippen LogP contribution in [0.3, 0.4) is 0 Å². The van der Waals surface area contributed by atoms with Gasteiger partial charge in [-0.3, -0.25) is 4.79 Å². The molecule has 22 heavy (non-hydrogen) atoms. The third kappa shape index (κ3) is 5.87. The van der Waals surface area contributed by atoms with Crippen molar-refractivity contribution in [3.8, 4) is 0 Å². The van der Waals surface area contributed by atoms with Crippen LogP contribution in [0.15, 0.2) is 0 Å². The second-order valence-electron chi connectivity index (χ2n) is 6.36. The Labute approximate surface area is 145 Å². The van der Waals surface area contributed by atoms with Crippen LogP contribution in [-0.2, 0) is 4.79 Å². The number of hydrogen-bond donors (Lipinski definition) is 4. The predicted octanol–water partition coefficient (Wildman–Crippen LogP) is 0.841. The molecule has 6 nitrogen and oxygen atoms in total. The predicted molar refractivity (Wildman–Crippen MR) is 92.6 cm³/mol. The topological polar surface area (TPSA) is 107 Å². The van der Waals surface area contributed by atoms with Gasteiger partial charge in [0.1, 0.15) is 5.54 Å². The Bertz CT molecular complexity index is 350. The van der Waals surface area contributed by atoms with Crippen LogP contribution in [0, 0.1) is 11.8 Å². The van der Waals surface area contributed by atoms with Crippen molar-refractivity contribution in [3.05, 3.63) is 0 Å². The summed E-state index contributed by atoms with van der Waals surface area (Å²) >= 11 is 0. The van der Waals surface area contributed by atoms with Gasteiger partial charge in [0.05, 0.1) is 0 Å². The molecule has 1 fully saturated rings. The summed E-state index contributed by atoms with van der Waals surface area (Å²) in [7, 11) is 2.54. The van der Waals surface area contributed by atoms with Crippen LogP contribution in [-0.4, -0.2) is 58.8 Å². The van der Waals surface area contributed by atoms with Gasteiger partial charge >= 0.3 is 13.1 Å². The van der Waals surface area contributed by atoms with Crippen LogP contribution in [0.2, 0.25) is 6.32 Å². The van der Waals surface area contributed by atoms with Crippen molar-refractivity contribution in [2.75, 3.05) is 14.1 Å². The van der Waals surface area contributed by atoms with Gasteiger partial charge in [-0.25, -0.2) is 0 Å². The van der Waals surface area contributed by atoms with Crippen molar-refractivity contribution in [3.63, 3.8) is 0 Å². The molecule has 1 saturated carbocycles. The van der Waals surface area contributed by atoms with Gasteiger partial charge in [0.25, 0.3) is 0 Å². The van der Waals surface area contributed by atoms with Crippen LogP contribution in [0.25, 0.3) is 0 Å². The number of nitrogens with zero attached hydrogens (tertiary/aromatic N) is 1. The molecule has 1 rings (SSSR count). The molecule has 4 atom stereocenters. The van der Waals surface area contributed by atoms with E-state index in [1.54, 1.807) is 0 Å². The molecule has 9 heteroatoms. The fourth-order valence-corrected chi connectivity index (χ4v) is 3.31. The molecule has 0 saturated heterocycles. The average Bonchev–Trinajstić information content (AvgIpc) is 2.35. The smallest absolute Gasteiger partial charge is 0.451 e. The Hall–Kier alpha value is -0.0451.